The molecule has 0 atom stereocenters. The van der Waals surface area contributed by atoms with E-state index in [1.807, 2.05) is 23.8 Å². The molecule has 2 aromatic heterocycles. The van der Waals surface area contributed by atoms with Crippen LogP contribution in [0.3, 0.4) is 0 Å². The molecule has 5 heteroatoms. The van der Waals surface area contributed by atoms with Gasteiger partial charge in [-0.25, -0.2) is 9.50 Å². The van der Waals surface area contributed by atoms with E-state index in [1.54, 1.807) is 0 Å². The molecule has 0 bridgehead atoms. The lowest BCUT2D eigenvalue weighted by Gasteiger charge is -2.21. The fourth-order valence-corrected chi connectivity index (χ4v) is 2.19. The second-order valence-electron chi connectivity index (χ2n) is 3.99. The van der Waals surface area contributed by atoms with Gasteiger partial charge in [-0.3, -0.25) is 0 Å². The highest BCUT2D eigenvalue weighted by atomic mass is 79.9. The largest absolute Gasteiger partial charge is 0.355 e. The van der Waals surface area contributed by atoms with E-state index in [-0.39, 0.29) is 0 Å². The summed E-state index contributed by atoms with van der Waals surface area (Å²) in [5.74, 6) is 1.02. The first-order valence-electron chi connectivity index (χ1n) is 5.88. The van der Waals surface area contributed by atoms with Gasteiger partial charge in [-0.05, 0) is 26.3 Å². The van der Waals surface area contributed by atoms with Gasteiger partial charge in [-0.2, -0.15) is 5.10 Å². The Balaban J connectivity index is 2.38. The molecule has 0 radical (unpaired) electrons. The number of alkyl halides is 1. The molecule has 0 amide bonds. The number of aromatic nitrogens is 3. The van der Waals surface area contributed by atoms with E-state index in [4.69, 9.17) is 0 Å². The van der Waals surface area contributed by atoms with Crippen LogP contribution in [0.25, 0.3) is 5.52 Å². The van der Waals surface area contributed by atoms with Gasteiger partial charge in [-0.1, -0.05) is 15.9 Å². The quantitative estimate of drug-likeness (QED) is 0.796. The molecule has 2 heterocycles. The Hall–Kier alpha value is -1.10. The standard InChI is InChI=1S/C12H17BrN4/c1-3-16(7-4-5-13)12-11-9-10(2)15-17(11)8-6-14-12/h6,8-9H,3-5,7H2,1-2H3. The van der Waals surface area contributed by atoms with E-state index in [9.17, 15) is 0 Å². The predicted molar refractivity (Wildman–Crippen MR) is 74.0 cm³/mol. The van der Waals surface area contributed by atoms with E-state index in [1.165, 1.54) is 0 Å². The number of anilines is 1. The highest BCUT2D eigenvalue weighted by Gasteiger charge is 2.11. The molecule has 17 heavy (non-hydrogen) atoms. The van der Waals surface area contributed by atoms with Gasteiger partial charge in [0.1, 0.15) is 5.52 Å². The zero-order chi connectivity index (χ0) is 12.3. The molecule has 0 N–H and O–H groups in total. The molecule has 2 rings (SSSR count). The van der Waals surface area contributed by atoms with Crippen LogP contribution >= 0.6 is 15.9 Å². The number of hydrogen-bond donors (Lipinski definition) is 0. The maximum Gasteiger partial charge on any atom is 0.154 e. The third-order valence-electron chi connectivity index (χ3n) is 2.73. The Morgan fingerprint density at radius 2 is 2.29 bits per heavy atom. The van der Waals surface area contributed by atoms with Crippen LogP contribution in [0.15, 0.2) is 18.5 Å². The first-order chi connectivity index (χ1) is 8.26. The topological polar surface area (TPSA) is 33.4 Å². The average molecular weight is 297 g/mol. The van der Waals surface area contributed by atoms with Crippen molar-refractivity contribution >= 4 is 27.3 Å². The molecule has 0 aliphatic rings. The highest BCUT2D eigenvalue weighted by molar-refractivity contribution is 9.09. The van der Waals surface area contributed by atoms with Crippen molar-refractivity contribution in [2.75, 3.05) is 23.3 Å². The third-order valence-corrected chi connectivity index (χ3v) is 3.30. The second-order valence-corrected chi connectivity index (χ2v) is 4.78. The van der Waals surface area contributed by atoms with E-state index in [0.29, 0.717) is 0 Å². The summed E-state index contributed by atoms with van der Waals surface area (Å²) in [6.07, 6.45) is 4.82. The van der Waals surface area contributed by atoms with E-state index >= 15 is 0 Å². The first kappa shape index (κ1) is 12.4. The van der Waals surface area contributed by atoms with Crippen molar-refractivity contribution in [3.05, 3.63) is 24.2 Å². The van der Waals surface area contributed by atoms with Gasteiger partial charge in [0.05, 0.1) is 5.69 Å². The van der Waals surface area contributed by atoms with Gasteiger partial charge in [0, 0.05) is 30.8 Å². The molecule has 0 aromatic carbocycles. The predicted octanol–water partition coefficient (Wildman–Crippen LogP) is 2.65. The zero-order valence-corrected chi connectivity index (χ0v) is 11.8. The number of rotatable bonds is 5. The zero-order valence-electron chi connectivity index (χ0n) is 10.2. The SMILES string of the molecule is CCN(CCCBr)c1nccn2nc(C)cc12. The molecule has 0 spiro atoms. The third kappa shape index (κ3) is 2.60. The maximum absolute atomic E-state index is 4.49. The molecule has 0 saturated heterocycles. The van der Waals surface area contributed by atoms with Gasteiger partial charge in [-0.15, -0.1) is 0 Å². The summed E-state index contributed by atoms with van der Waals surface area (Å²) in [4.78, 5) is 6.78. The lowest BCUT2D eigenvalue weighted by Crippen LogP contribution is -2.25. The molecule has 2 aromatic rings. The molecule has 0 unspecified atom stereocenters. The molecule has 0 saturated carbocycles. The van der Waals surface area contributed by atoms with Crippen LogP contribution in [0.2, 0.25) is 0 Å². The summed E-state index contributed by atoms with van der Waals surface area (Å²) in [7, 11) is 0. The molecule has 92 valence electrons. The van der Waals surface area contributed by atoms with E-state index in [0.717, 1.165) is 41.9 Å². The lowest BCUT2D eigenvalue weighted by molar-refractivity contribution is 0.781. The van der Waals surface area contributed by atoms with E-state index < -0.39 is 0 Å². The van der Waals surface area contributed by atoms with Crippen molar-refractivity contribution in [1.29, 1.82) is 0 Å². The first-order valence-corrected chi connectivity index (χ1v) is 7.00. The molecule has 0 aliphatic carbocycles. The Labute approximate surface area is 110 Å². The number of fused-ring (bicyclic) bond motifs is 1. The normalized spacial score (nSPS) is 11.0. The van der Waals surface area contributed by atoms with Crippen molar-refractivity contribution in [2.24, 2.45) is 0 Å². The Morgan fingerprint density at radius 3 is 3.00 bits per heavy atom. The van der Waals surface area contributed by atoms with Crippen LogP contribution in [0.4, 0.5) is 5.82 Å². The number of halogens is 1. The Kier molecular flexibility index (Phi) is 3.99. The minimum absolute atomic E-state index is 0.962. The van der Waals surface area contributed by atoms with Crippen LogP contribution in [-0.2, 0) is 0 Å². The second kappa shape index (κ2) is 5.49. The van der Waals surface area contributed by atoms with Crippen LogP contribution in [0, 0.1) is 6.92 Å². The van der Waals surface area contributed by atoms with Crippen LogP contribution < -0.4 is 4.90 Å². The van der Waals surface area contributed by atoms with Crippen molar-refractivity contribution in [3.63, 3.8) is 0 Å². The molecular formula is C12H17BrN4. The summed E-state index contributed by atoms with van der Waals surface area (Å²) in [6.45, 7) is 6.14. The summed E-state index contributed by atoms with van der Waals surface area (Å²) in [6, 6.07) is 2.08. The van der Waals surface area contributed by atoms with Crippen molar-refractivity contribution in [3.8, 4) is 0 Å². The molecule has 4 nitrogen and oxygen atoms in total. The molecule has 0 fully saturated rings. The van der Waals surface area contributed by atoms with Gasteiger partial charge in [0.25, 0.3) is 0 Å². The van der Waals surface area contributed by atoms with Crippen LogP contribution in [0.1, 0.15) is 19.0 Å². The summed E-state index contributed by atoms with van der Waals surface area (Å²) >= 11 is 3.47. The highest BCUT2D eigenvalue weighted by Crippen LogP contribution is 2.19. The number of aryl methyl sites for hydroxylation is 1. The maximum atomic E-state index is 4.49. The Bertz CT molecular complexity index is 494. The molecule has 0 aliphatic heterocycles. The van der Waals surface area contributed by atoms with Crippen LogP contribution in [-0.4, -0.2) is 33.0 Å². The van der Waals surface area contributed by atoms with Gasteiger partial charge < -0.3 is 4.90 Å². The lowest BCUT2D eigenvalue weighted by atomic mass is 10.3. The smallest absolute Gasteiger partial charge is 0.154 e. The Morgan fingerprint density at radius 1 is 1.47 bits per heavy atom. The molecular weight excluding hydrogens is 280 g/mol. The van der Waals surface area contributed by atoms with Gasteiger partial charge >= 0.3 is 0 Å². The van der Waals surface area contributed by atoms with E-state index in [2.05, 4.69) is 43.9 Å². The van der Waals surface area contributed by atoms with Crippen molar-refractivity contribution < 1.29 is 0 Å². The van der Waals surface area contributed by atoms with Gasteiger partial charge in [0.2, 0.25) is 0 Å². The van der Waals surface area contributed by atoms with Crippen molar-refractivity contribution in [2.45, 2.75) is 20.3 Å². The fourth-order valence-electron chi connectivity index (χ4n) is 1.94. The summed E-state index contributed by atoms with van der Waals surface area (Å²) in [5, 5.41) is 5.43. The average Bonchev–Trinajstić information content (AvgIpc) is 2.71. The minimum Gasteiger partial charge on any atom is -0.355 e. The van der Waals surface area contributed by atoms with Crippen molar-refractivity contribution in [1.82, 2.24) is 14.6 Å². The fraction of sp³-hybridized carbons (Fsp3) is 0.500. The summed E-state index contributed by atoms with van der Waals surface area (Å²) < 4.78 is 1.90. The minimum atomic E-state index is 0.962. The summed E-state index contributed by atoms with van der Waals surface area (Å²) in [5.41, 5.74) is 2.11. The van der Waals surface area contributed by atoms with Crippen LogP contribution in [0.5, 0.6) is 0 Å². The monoisotopic (exact) mass is 296 g/mol. The number of hydrogen-bond acceptors (Lipinski definition) is 3. The number of nitrogens with zero attached hydrogens (tertiary/aromatic N) is 4. The van der Waals surface area contributed by atoms with Gasteiger partial charge in [0.15, 0.2) is 5.82 Å².